The molecular weight excluding hydrogens is 610 g/mol. The molecule has 1 saturated heterocycles. The summed E-state index contributed by atoms with van der Waals surface area (Å²) in [7, 11) is 5.49. The Labute approximate surface area is 282 Å². The summed E-state index contributed by atoms with van der Waals surface area (Å²) < 4.78 is 20.5. The van der Waals surface area contributed by atoms with E-state index in [4.69, 9.17) is 24.3 Å². The molecule has 4 aromatic rings. The monoisotopic (exact) mass is 657 g/mol. The number of amides is 1. The molecule has 256 valence electrons. The van der Waals surface area contributed by atoms with E-state index in [0.717, 1.165) is 90.3 Å². The minimum atomic E-state index is -0.148. The van der Waals surface area contributed by atoms with Gasteiger partial charge in [0, 0.05) is 68.7 Å². The van der Waals surface area contributed by atoms with E-state index in [9.17, 15) is 4.79 Å². The van der Waals surface area contributed by atoms with Gasteiger partial charge in [0.05, 0.1) is 61.8 Å². The van der Waals surface area contributed by atoms with Gasteiger partial charge in [0.2, 0.25) is 5.95 Å². The maximum absolute atomic E-state index is 13.8. The number of aryl methyl sites for hydroxylation is 2. The van der Waals surface area contributed by atoms with Crippen LogP contribution in [0.5, 0.6) is 5.75 Å². The second kappa shape index (κ2) is 15.2. The van der Waals surface area contributed by atoms with Crippen LogP contribution >= 0.6 is 0 Å². The summed E-state index contributed by atoms with van der Waals surface area (Å²) >= 11 is 0. The lowest BCUT2D eigenvalue weighted by Crippen LogP contribution is -2.44. The van der Waals surface area contributed by atoms with Gasteiger partial charge < -0.3 is 39.2 Å². The maximum atomic E-state index is 13.8. The second-order valence-electron chi connectivity index (χ2n) is 12.1. The molecule has 2 N–H and O–H groups in total. The Morgan fingerprint density at radius 1 is 1.00 bits per heavy atom. The number of benzene rings is 1. The molecule has 1 amide bonds. The van der Waals surface area contributed by atoms with Crippen molar-refractivity contribution in [3.05, 3.63) is 64.9 Å². The number of methoxy groups -OCH3 is 2. The van der Waals surface area contributed by atoms with Crippen LogP contribution in [0.15, 0.2) is 36.7 Å². The molecule has 0 bridgehead atoms. The number of likely N-dealkylation sites (N-methyl/N-ethyl adjacent to an activating group) is 1. The van der Waals surface area contributed by atoms with Crippen molar-refractivity contribution in [2.24, 2.45) is 0 Å². The van der Waals surface area contributed by atoms with Crippen LogP contribution in [-0.4, -0.2) is 102 Å². The van der Waals surface area contributed by atoms with Crippen LogP contribution in [0.4, 0.5) is 23.0 Å². The van der Waals surface area contributed by atoms with Gasteiger partial charge in [0.1, 0.15) is 11.6 Å². The Hall–Kier alpha value is -4.46. The lowest BCUT2D eigenvalue weighted by atomic mass is 10.0. The molecule has 13 nitrogen and oxygen atoms in total. The van der Waals surface area contributed by atoms with Crippen molar-refractivity contribution < 1.29 is 19.0 Å². The highest BCUT2D eigenvalue weighted by Crippen LogP contribution is 2.33. The number of carbonyl (C=O) groups excluding carboxylic acids is 1. The molecular formula is C35H47N9O4. The summed E-state index contributed by atoms with van der Waals surface area (Å²) in [6, 6.07) is 8.07. The first-order valence-electron chi connectivity index (χ1n) is 16.9. The van der Waals surface area contributed by atoms with Gasteiger partial charge in [0.25, 0.3) is 5.91 Å². The Balaban J connectivity index is 1.19. The van der Waals surface area contributed by atoms with Crippen LogP contribution in [-0.2, 0) is 41.7 Å². The van der Waals surface area contributed by atoms with Gasteiger partial charge in [-0.05, 0) is 50.9 Å². The minimum absolute atomic E-state index is 0.148. The topological polar surface area (TPSA) is 124 Å². The van der Waals surface area contributed by atoms with E-state index in [2.05, 4.69) is 58.4 Å². The number of piperazine rings is 1. The first kappa shape index (κ1) is 33.4. The summed E-state index contributed by atoms with van der Waals surface area (Å²) in [6.45, 7) is 10.4. The van der Waals surface area contributed by atoms with E-state index in [0.29, 0.717) is 50.7 Å². The summed E-state index contributed by atoms with van der Waals surface area (Å²) in [5.74, 6) is 1.81. The molecule has 6 rings (SSSR count). The lowest BCUT2D eigenvalue weighted by molar-refractivity contribution is 0.0651. The molecule has 0 unspecified atom stereocenters. The van der Waals surface area contributed by atoms with Gasteiger partial charge in [-0.2, -0.15) is 10.1 Å². The highest BCUT2D eigenvalue weighted by atomic mass is 16.5. The maximum Gasteiger partial charge on any atom is 0.257 e. The highest BCUT2D eigenvalue weighted by molar-refractivity contribution is 6.06. The van der Waals surface area contributed by atoms with Gasteiger partial charge in [-0.15, -0.1) is 0 Å². The Morgan fingerprint density at radius 2 is 1.83 bits per heavy atom. The second-order valence-corrected chi connectivity index (χ2v) is 12.1. The van der Waals surface area contributed by atoms with Gasteiger partial charge >= 0.3 is 0 Å². The predicted molar refractivity (Wildman–Crippen MR) is 186 cm³/mol. The van der Waals surface area contributed by atoms with E-state index < -0.39 is 0 Å². The van der Waals surface area contributed by atoms with E-state index in [1.807, 2.05) is 33.8 Å². The third kappa shape index (κ3) is 7.03. The molecule has 48 heavy (non-hydrogen) atoms. The molecule has 0 saturated carbocycles. The van der Waals surface area contributed by atoms with Crippen LogP contribution in [0.25, 0.3) is 5.82 Å². The standard InChI is InChI=1S/C35H47N9O4/c1-6-27-32(29(7-2)44(40-27)18-19-48-21-20-46-4)38-34(45)26-12-13-43-30(26)11-8-24-23-36-35(39-33(24)43)37-28-10-9-25(22-31(28)47-5)42-16-14-41(3)15-17-42/h9-10,12-13,22-23H,6-8,11,14-21H2,1-5H3,(H,38,45)(H,36,37,39). The zero-order valence-corrected chi connectivity index (χ0v) is 28.7. The quantitative estimate of drug-likeness (QED) is 0.192. The number of fused-ring (bicyclic) bond motifs is 3. The molecule has 2 aliphatic rings. The first-order valence-corrected chi connectivity index (χ1v) is 16.9. The zero-order chi connectivity index (χ0) is 33.6. The molecule has 1 aromatic carbocycles. The third-order valence-electron chi connectivity index (χ3n) is 9.16. The molecule has 5 heterocycles. The first-order chi connectivity index (χ1) is 23.4. The minimum Gasteiger partial charge on any atom is -0.494 e. The van der Waals surface area contributed by atoms with Gasteiger partial charge in [0.15, 0.2) is 0 Å². The molecule has 2 aliphatic heterocycles. The van der Waals surface area contributed by atoms with Crippen molar-refractivity contribution in [2.75, 3.05) is 82.8 Å². The predicted octanol–water partition coefficient (Wildman–Crippen LogP) is 4.11. The Morgan fingerprint density at radius 3 is 2.58 bits per heavy atom. The SMILES string of the molecule is CCc1nn(CCOCCOC)c(CC)c1NC(=O)c1ccn2c1CCc1cnc(Nc3ccc(N4CCN(C)CC4)cc3OC)nc1-2. The summed E-state index contributed by atoms with van der Waals surface area (Å²) in [6.07, 6.45) is 6.68. The molecule has 3 aromatic heterocycles. The molecule has 0 aliphatic carbocycles. The van der Waals surface area contributed by atoms with Crippen molar-refractivity contribution in [1.82, 2.24) is 29.2 Å². The fourth-order valence-corrected chi connectivity index (χ4v) is 6.45. The number of aromatic nitrogens is 5. The van der Waals surface area contributed by atoms with Crippen molar-refractivity contribution >= 4 is 28.9 Å². The number of nitrogens with one attached hydrogen (secondary N) is 2. The fraction of sp³-hybridized carbons (Fsp3) is 0.486. The number of carbonyl (C=O) groups is 1. The van der Waals surface area contributed by atoms with Crippen molar-refractivity contribution in [3.63, 3.8) is 0 Å². The Bertz CT molecular complexity index is 1730. The van der Waals surface area contributed by atoms with E-state index in [1.54, 1.807) is 14.2 Å². The number of nitrogens with zero attached hydrogens (tertiary/aromatic N) is 7. The van der Waals surface area contributed by atoms with Crippen LogP contribution in [0.1, 0.15) is 46.9 Å². The zero-order valence-electron chi connectivity index (χ0n) is 28.7. The average molecular weight is 658 g/mol. The van der Waals surface area contributed by atoms with Crippen molar-refractivity contribution in [2.45, 2.75) is 46.1 Å². The van der Waals surface area contributed by atoms with Gasteiger partial charge in [-0.25, -0.2) is 4.98 Å². The smallest absolute Gasteiger partial charge is 0.257 e. The van der Waals surface area contributed by atoms with E-state index in [-0.39, 0.29) is 5.91 Å². The summed E-state index contributed by atoms with van der Waals surface area (Å²) in [5.41, 5.74) is 7.16. The summed E-state index contributed by atoms with van der Waals surface area (Å²) in [4.78, 5) is 28.1. The largest absolute Gasteiger partial charge is 0.494 e. The van der Waals surface area contributed by atoms with Crippen molar-refractivity contribution in [3.8, 4) is 11.6 Å². The highest BCUT2D eigenvalue weighted by Gasteiger charge is 2.26. The number of anilines is 4. The molecule has 1 fully saturated rings. The van der Waals surface area contributed by atoms with E-state index in [1.165, 1.54) is 0 Å². The third-order valence-corrected chi connectivity index (χ3v) is 9.16. The molecule has 0 radical (unpaired) electrons. The number of hydrogen-bond donors (Lipinski definition) is 2. The van der Waals surface area contributed by atoms with Crippen LogP contribution in [0, 0.1) is 0 Å². The number of ether oxygens (including phenoxy) is 3. The number of rotatable bonds is 14. The van der Waals surface area contributed by atoms with Gasteiger partial charge in [-0.1, -0.05) is 13.8 Å². The number of hydrogen-bond acceptors (Lipinski definition) is 10. The van der Waals surface area contributed by atoms with Crippen LogP contribution in [0.2, 0.25) is 0 Å². The van der Waals surface area contributed by atoms with Crippen LogP contribution < -0.4 is 20.3 Å². The lowest BCUT2D eigenvalue weighted by Gasteiger charge is -2.34. The summed E-state index contributed by atoms with van der Waals surface area (Å²) in [5, 5.41) is 11.4. The van der Waals surface area contributed by atoms with Gasteiger partial charge in [-0.3, -0.25) is 9.48 Å². The molecule has 0 spiro atoms. The molecule has 13 heteroatoms. The fourth-order valence-electron chi connectivity index (χ4n) is 6.45. The van der Waals surface area contributed by atoms with E-state index >= 15 is 0 Å². The average Bonchev–Trinajstić information content (AvgIpc) is 3.70. The normalized spacial score (nSPS) is 14.5. The van der Waals surface area contributed by atoms with Crippen molar-refractivity contribution in [1.29, 1.82) is 0 Å². The Kier molecular flexibility index (Phi) is 10.6. The molecule has 0 atom stereocenters. The van der Waals surface area contributed by atoms with Crippen LogP contribution in [0.3, 0.4) is 0 Å².